The Morgan fingerprint density at radius 3 is 2.40 bits per heavy atom. The van der Waals surface area contributed by atoms with Gasteiger partial charge in [-0.1, -0.05) is 30.3 Å². The number of nitrogens with zero attached hydrogens (tertiary/aromatic N) is 1. The van der Waals surface area contributed by atoms with Gasteiger partial charge in [0.2, 0.25) is 11.8 Å². The topological polar surface area (TPSA) is 105 Å². The molecule has 2 aromatic carbocycles. The van der Waals surface area contributed by atoms with Gasteiger partial charge in [0.05, 0.1) is 12.6 Å². The fraction of sp³-hybridized carbons (Fsp3) is 0.318. The van der Waals surface area contributed by atoms with Crippen LogP contribution in [-0.2, 0) is 20.8 Å². The first kappa shape index (κ1) is 21.4. The largest absolute Gasteiger partial charge is 0.343 e. The van der Waals surface area contributed by atoms with E-state index in [1.807, 2.05) is 30.3 Å². The van der Waals surface area contributed by atoms with Crippen LogP contribution in [0.25, 0.3) is 0 Å². The average Bonchev–Trinajstić information content (AvgIpc) is 2.74. The van der Waals surface area contributed by atoms with Crippen LogP contribution in [0.2, 0.25) is 0 Å². The smallest absolute Gasteiger partial charge is 0.251 e. The predicted octanol–water partition coefficient (Wildman–Crippen LogP) is 1.12. The zero-order chi connectivity index (χ0) is 21.7. The van der Waals surface area contributed by atoms with Crippen molar-refractivity contribution in [3.8, 4) is 0 Å². The van der Waals surface area contributed by atoms with E-state index in [1.54, 1.807) is 0 Å². The lowest BCUT2D eigenvalue weighted by Gasteiger charge is -2.39. The number of aryl methyl sites for hydroxylation is 1. The molecule has 1 aliphatic rings. The monoisotopic (exact) mass is 412 g/mol. The zero-order valence-corrected chi connectivity index (χ0v) is 16.7. The molecule has 0 aromatic heterocycles. The second-order valence-corrected chi connectivity index (χ2v) is 7.36. The van der Waals surface area contributed by atoms with Crippen molar-refractivity contribution in [2.75, 3.05) is 11.4 Å². The van der Waals surface area contributed by atoms with Gasteiger partial charge >= 0.3 is 0 Å². The molecule has 0 spiro atoms. The van der Waals surface area contributed by atoms with Gasteiger partial charge in [0.1, 0.15) is 17.9 Å². The first-order valence-electron chi connectivity index (χ1n) is 9.82. The minimum atomic E-state index is -0.809. The second-order valence-electron chi connectivity index (χ2n) is 7.36. The van der Waals surface area contributed by atoms with Crippen molar-refractivity contribution in [3.63, 3.8) is 0 Å². The molecule has 0 radical (unpaired) electrons. The highest BCUT2D eigenvalue weighted by Gasteiger charge is 2.39. The zero-order valence-electron chi connectivity index (χ0n) is 16.7. The van der Waals surface area contributed by atoms with Gasteiger partial charge in [-0.2, -0.15) is 0 Å². The molecular formula is C22H25FN4O3. The van der Waals surface area contributed by atoms with E-state index in [0.717, 1.165) is 5.56 Å². The third kappa shape index (κ3) is 5.21. The van der Waals surface area contributed by atoms with Crippen molar-refractivity contribution in [1.29, 1.82) is 0 Å². The summed E-state index contributed by atoms with van der Waals surface area (Å²) < 4.78 is 13.1. The fourth-order valence-corrected chi connectivity index (χ4v) is 3.19. The van der Waals surface area contributed by atoms with E-state index in [-0.39, 0.29) is 18.3 Å². The molecule has 0 bridgehead atoms. The maximum absolute atomic E-state index is 13.1. The number of hydrogen-bond donors (Lipinski definition) is 3. The Balaban J connectivity index is 1.60. The third-order valence-electron chi connectivity index (χ3n) is 5.00. The van der Waals surface area contributed by atoms with Crippen molar-refractivity contribution in [2.45, 2.75) is 37.9 Å². The van der Waals surface area contributed by atoms with E-state index in [4.69, 9.17) is 5.73 Å². The number of hydrogen-bond acceptors (Lipinski definition) is 4. The van der Waals surface area contributed by atoms with E-state index in [1.165, 1.54) is 36.1 Å². The number of nitrogens with two attached hydrogens (primary N) is 1. The summed E-state index contributed by atoms with van der Waals surface area (Å²) in [6.45, 7) is 1.82. The first-order valence-corrected chi connectivity index (χ1v) is 9.82. The molecule has 8 heteroatoms. The van der Waals surface area contributed by atoms with Gasteiger partial charge in [0.25, 0.3) is 5.91 Å². The molecule has 2 aromatic rings. The Kier molecular flexibility index (Phi) is 6.79. The molecular weight excluding hydrogens is 387 g/mol. The molecule has 0 aliphatic carbocycles. The molecule has 1 aliphatic heterocycles. The van der Waals surface area contributed by atoms with Gasteiger partial charge in [0, 0.05) is 5.69 Å². The van der Waals surface area contributed by atoms with Gasteiger partial charge in [0.15, 0.2) is 0 Å². The second kappa shape index (κ2) is 9.49. The summed E-state index contributed by atoms with van der Waals surface area (Å²) in [5.41, 5.74) is 7.22. The fourth-order valence-electron chi connectivity index (χ4n) is 3.19. The van der Waals surface area contributed by atoms with Crippen LogP contribution in [0.5, 0.6) is 0 Å². The van der Waals surface area contributed by atoms with Crippen LogP contribution in [0.15, 0.2) is 54.6 Å². The Labute approximate surface area is 174 Å². The molecule has 3 rings (SSSR count). The van der Waals surface area contributed by atoms with E-state index in [9.17, 15) is 18.8 Å². The summed E-state index contributed by atoms with van der Waals surface area (Å²) in [6.07, 6.45) is 0.954. The number of benzene rings is 2. The predicted molar refractivity (Wildman–Crippen MR) is 111 cm³/mol. The highest BCUT2D eigenvalue weighted by molar-refractivity contribution is 6.06. The van der Waals surface area contributed by atoms with Crippen LogP contribution < -0.4 is 21.3 Å². The minimum Gasteiger partial charge on any atom is -0.343 e. The maximum Gasteiger partial charge on any atom is 0.251 e. The minimum absolute atomic E-state index is 0.281. The van der Waals surface area contributed by atoms with E-state index < -0.39 is 29.9 Å². The number of β-lactam (4-membered cyclic amide) rings is 1. The Morgan fingerprint density at radius 2 is 1.80 bits per heavy atom. The van der Waals surface area contributed by atoms with Crippen molar-refractivity contribution >= 4 is 23.4 Å². The van der Waals surface area contributed by atoms with Crippen LogP contribution in [-0.4, -0.2) is 42.4 Å². The normalized spacial score (nSPS) is 17.6. The van der Waals surface area contributed by atoms with Crippen molar-refractivity contribution in [1.82, 2.24) is 10.6 Å². The molecule has 4 N–H and O–H groups in total. The molecule has 7 nitrogen and oxygen atoms in total. The molecule has 2 unspecified atom stereocenters. The summed E-state index contributed by atoms with van der Waals surface area (Å²) in [5, 5.41) is 5.36. The third-order valence-corrected chi connectivity index (χ3v) is 5.00. The number of carbonyl (C=O) groups is 3. The number of halogens is 1. The summed E-state index contributed by atoms with van der Waals surface area (Å²) in [5.74, 6) is -1.54. The van der Waals surface area contributed by atoms with Crippen molar-refractivity contribution < 1.29 is 18.8 Å². The lowest BCUT2D eigenvalue weighted by atomic mass is 10.0. The number of amides is 3. The van der Waals surface area contributed by atoms with E-state index in [0.29, 0.717) is 18.5 Å². The Hall–Kier alpha value is -3.26. The van der Waals surface area contributed by atoms with Crippen LogP contribution in [0.3, 0.4) is 0 Å². The molecule has 1 fully saturated rings. The maximum atomic E-state index is 13.1. The number of nitrogens with one attached hydrogen (secondary N) is 2. The van der Waals surface area contributed by atoms with Crippen LogP contribution in [0, 0.1) is 5.82 Å². The first-order chi connectivity index (χ1) is 14.3. The standard InChI is InChI=1S/C22H25FN4O3/c1-14(24)20(28)25-18(12-7-15-5-3-2-4-6-15)21(29)26-19-13-27(22(19)30)17-10-8-16(23)9-11-17/h2-6,8-11,14,18-19H,7,12-13,24H2,1H3,(H,25,28)(H,26,29)/t14?,18?,19-/m0/s1. The molecule has 1 saturated heterocycles. The molecule has 158 valence electrons. The number of anilines is 1. The molecule has 3 atom stereocenters. The van der Waals surface area contributed by atoms with Gasteiger partial charge < -0.3 is 21.3 Å². The summed E-state index contributed by atoms with van der Waals surface area (Å²) in [4.78, 5) is 38.7. The number of rotatable bonds is 8. The van der Waals surface area contributed by atoms with Gasteiger partial charge in [-0.25, -0.2) is 4.39 Å². The van der Waals surface area contributed by atoms with Crippen LogP contribution in [0.4, 0.5) is 10.1 Å². The molecule has 3 amide bonds. The average molecular weight is 412 g/mol. The van der Waals surface area contributed by atoms with Gasteiger partial charge in [-0.3, -0.25) is 14.4 Å². The van der Waals surface area contributed by atoms with Crippen molar-refractivity contribution in [2.24, 2.45) is 5.73 Å². The van der Waals surface area contributed by atoms with Crippen molar-refractivity contribution in [3.05, 3.63) is 66.0 Å². The van der Waals surface area contributed by atoms with Gasteiger partial charge in [-0.05, 0) is 49.6 Å². The van der Waals surface area contributed by atoms with Crippen LogP contribution >= 0.6 is 0 Å². The van der Waals surface area contributed by atoms with Crippen LogP contribution in [0.1, 0.15) is 18.9 Å². The summed E-state index contributed by atoms with van der Waals surface area (Å²) in [6, 6.07) is 12.9. The lowest BCUT2D eigenvalue weighted by Crippen LogP contribution is -2.66. The Bertz CT molecular complexity index is 902. The number of carbonyl (C=O) groups excluding carboxylic acids is 3. The highest BCUT2D eigenvalue weighted by atomic mass is 19.1. The van der Waals surface area contributed by atoms with Gasteiger partial charge in [-0.15, -0.1) is 0 Å². The molecule has 30 heavy (non-hydrogen) atoms. The SMILES string of the molecule is CC(N)C(=O)NC(CCc1ccccc1)C(=O)N[C@H]1CN(c2ccc(F)cc2)C1=O. The summed E-state index contributed by atoms with van der Waals surface area (Å²) in [7, 11) is 0. The van der Waals surface area contributed by atoms with E-state index in [2.05, 4.69) is 10.6 Å². The summed E-state index contributed by atoms with van der Waals surface area (Å²) >= 11 is 0. The Morgan fingerprint density at radius 1 is 1.13 bits per heavy atom. The van der Waals surface area contributed by atoms with E-state index >= 15 is 0 Å². The molecule has 1 heterocycles. The highest BCUT2D eigenvalue weighted by Crippen LogP contribution is 2.22. The lowest BCUT2D eigenvalue weighted by molar-refractivity contribution is -0.133. The quantitative estimate of drug-likeness (QED) is 0.565. The molecule has 0 saturated carbocycles.